The summed E-state index contributed by atoms with van der Waals surface area (Å²) in [5.74, 6) is -0.627. The molecule has 0 spiro atoms. The predicted octanol–water partition coefficient (Wildman–Crippen LogP) is 1.90. The van der Waals surface area contributed by atoms with Crippen LogP contribution in [0.4, 0.5) is 0 Å². The molecule has 0 aliphatic heterocycles. The third-order valence-electron chi connectivity index (χ3n) is 3.59. The molecule has 1 aromatic heterocycles. The molecular formula is C18H21N3O4S. The highest BCUT2D eigenvalue weighted by molar-refractivity contribution is 7.98. The van der Waals surface area contributed by atoms with E-state index in [0.717, 1.165) is 5.56 Å². The van der Waals surface area contributed by atoms with Gasteiger partial charge in [0.15, 0.2) is 5.76 Å². The Hall–Kier alpha value is -2.74. The van der Waals surface area contributed by atoms with Crippen molar-refractivity contribution in [2.45, 2.75) is 19.4 Å². The van der Waals surface area contributed by atoms with Gasteiger partial charge in [0.05, 0.1) is 6.26 Å². The molecule has 7 nitrogen and oxygen atoms in total. The van der Waals surface area contributed by atoms with Crippen molar-refractivity contribution in [3.8, 4) is 0 Å². The van der Waals surface area contributed by atoms with Gasteiger partial charge >= 0.3 is 0 Å². The fraction of sp³-hybridized carbons (Fsp3) is 0.278. The van der Waals surface area contributed by atoms with E-state index in [1.54, 1.807) is 30.0 Å². The largest absolute Gasteiger partial charge is 0.459 e. The van der Waals surface area contributed by atoms with E-state index in [1.165, 1.54) is 12.3 Å². The molecule has 0 fully saturated rings. The zero-order chi connectivity index (χ0) is 18.9. The highest BCUT2D eigenvalue weighted by Gasteiger charge is 2.22. The van der Waals surface area contributed by atoms with Gasteiger partial charge in [-0.05, 0) is 49.6 Å². The summed E-state index contributed by atoms with van der Waals surface area (Å²) in [5.41, 5.74) is 6.18. The van der Waals surface area contributed by atoms with Crippen molar-refractivity contribution in [3.05, 3.63) is 59.5 Å². The van der Waals surface area contributed by atoms with Gasteiger partial charge in [0.1, 0.15) is 6.04 Å². The van der Waals surface area contributed by atoms with Gasteiger partial charge in [-0.25, -0.2) is 0 Å². The van der Waals surface area contributed by atoms with Crippen LogP contribution in [-0.2, 0) is 4.79 Å². The molecule has 26 heavy (non-hydrogen) atoms. The Balaban J connectivity index is 1.93. The standard InChI is InChI=1S/C18H21N3O4S/c1-12-5-7-13(8-6-12)16(22)20-21-17(23)14(9-11-26-2)19-18(24)15-4-3-10-25-15/h3-8,10,14H,9,11H2,1-2H3,(H,19,24)(H,20,22)(H,21,23)/t14-/m0/s1. The molecule has 0 bridgehead atoms. The van der Waals surface area contributed by atoms with E-state index in [4.69, 9.17) is 4.42 Å². The van der Waals surface area contributed by atoms with Crippen LogP contribution in [0.15, 0.2) is 47.1 Å². The minimum Gasteiger partial charge on any atom is -0.459 e. The van der Waals surface area contributed by atoms with Crippen LogP contribution >= 0.6 is 11.8 Å². The van der Waals surface area contributed by atoms with E-state index in [0.29, 0.717) is 17.7 Å². The first kappa shape index (κ1) is 19.6. The molecule has 0 saturated carbocycles. The fourth-order valence-electron chi connectivity index (χ4n) is 2.12. The Bertz CT molecular complexity index is 744. The van der Waals surface area contributed by atoms with Gasteiger partial charge in [0, 0.05) is 5.56 Å². The second-order valence-corrected chi connectivity index (χ2v) is 6.58. The van der Waals surface area contributed by atoms with Crippen LogP contribution in [0.5, 0.6) is 0 Å². The summed E-state index contributed by atoms with van der Waals surface area (Å²) in [7, 11) is 0. The summed E-state index contributed by atoms with van der Waals surface area (Å²) in [6.45, 7) is 1.92. The van der Waals surface area contributed by atoms with Crippen LogP contribution < -0.4 is 16.2 Å². The van der Waals surface area contributed by atoms with E-state index >= 15 is 0 Å². The summed E-state index contributed by atoms with van der Waals surface area (Å²) in [6.07, 6.45) is 3.70. The Kier molecular flexibility index (Phi) is 7.28. The molecular weight excluding hydrogens is 354 g/mol. The molecule has 0 unspecified atom stereocenters. The van der Waals surface area contributed by atoms with Gasteiger partial charge in [-0.3, -0.25) is 25.2 Å². The molecule has 0 aliphatic carbocycles. The summed E-state index contributed by atoms with van der Waals surface area (Å²) in [4.78, 5) is 36.5. The fourth-order valence-corrected chi connectivity index (χ4v) is 2.60. The van der Waals surface area contributed by atoms with Crippen LogP contribution in [-0.4, -0.2) is 35.8 Å². The van der Waals surface area contributed by atoms with Gasteiger partial charge in [-0.15, -0.1) is 0 Å². The number of nitrogens with one attached hydrogen (secondary N) is 3. The third-order valence-corrected chi connectivity index (χ3v) is 4.23. The quantitative estimate of drug-likeness (QED) is 0.642. The number of hydrogen-bond donors (Lipinski definition) is 3. The number of furan rings is 1. The number of hydrazine groups is 1. The van der Waals surface area contributed by atoms with Crippen molar-refractivity contribution >= 4 is 29.5 Å². The molecule has 8 heteroatoms. The summed E-state index contributed by atoms with van der Waals surface area (Å²) in [6, 6.07) is 9.26. The zero-order valence-corrected chi connectivity index (χ0v) is 15.4. The second kappa shape index (κ2) is 9.67. The van der Waals surface area contributed by atoms with Crippen LogP contribution in [0.25, 0.3) is 0 Å². The highest BCUT2D eigenvalue weighted by Crippen LogP contribution is 2.05. The Morgan fingerprint density at radius 2 is 1.81 bits per heavy atom. The van der Waals surface area contributed by atoms with E-state index in [-0.39, 0.29) is 5.76 Å². The van der Waals surface area contributed by atoms with Crippen molar-refractivity contribution in [2.24, 2.45) is 0 Å². The smallest absolute Gasteiger partial charge is 0.287 e. The molecule has 0 radical (unpaired) electrons. The van der Waals surface area contributed by atoms with E-state index < -0.39 is 23.8 Å². The topological polar surface area (TPSA) is 100 Å². The highest BCUT2D eigenvalue weighted by atomic mass is 32.2. The number of amides is 3. The second-order valence-electron chi connectivity index (χ2n) is 5.59. The molecule has 0 saturated heterocycles. The first-order valence-corrected chi connectivity index (χ1v) is 9.41. The van der Waals surface area contributed by atoms with Crippen molar-refractivity contribution in [3.63, 3.8) is 0 Å². The van der Waals surface area contributed by atoms with Crippen LogP contribution in [0.1, 0.15) is 32.9 Å². The molecule has 2 rings (SSSR count). The molecule has 138 valence electrons. The predicted molar refractivity (Wildman–Crippen MR) is 99.7 cm³/mol. The van der Waals surface area contributed by atoms with E-state index in [2.05, 4.69) is 16.2 Å². The lowest BCUT2D eigenvalue weighted by molar-refractivity contribution is -0.123. The lowest BCUT2D eigenvalue weighted by atomic mass is 10.1. The van der Waals surface area contributed by atoms with Crippen molar-refractivity contribution in [1.29, 1.82) is 0 Å². The molecule has 3 amide bonds. The number of benzene rings is 1. The third kappa shape index (κ3) is 5.66. The van der Waals surface area contributed by atoms with Crippen molar-refractivity contribution in [1.82, 2.24) is 16.2 Å². The Morgan fingerprint density at radius 3 is 2.42 bits per heavy atom. The first-order valence-electron chi connectivity index (χ1n) is 8.01. The van der Waals surface area contributed by atoms with Gasteiger partial charge in [0.2, 0.25) is 0 Å². The average Bonchev–Trinajstić information content (AvgIpc) is 3.18. The minimum absolute atomic E-state index is 0.121. The van der Waals surface area contributed by atoms with Crippen LogP contribution in [0.3, 0.4) is 0 Å². The molecule has 1 aromatic carbocycles. The van der Waals surface area contributed by atoms with Crippen molar-refractivity contribution < 1.29 is 18.8 Å². The van der Waals surface area contributed by atoms with Gasteiger partial charge < -0.3 is 9.73 Å². The lowest BCUT2D eigenvalue weighted by Gasteiger charge is -2.18. The SMILES string of the molecule is CSCC[C@H](NC(=O)c1ccco1)C(=O)NNC(=O)c1ccc(C)cc1. The summed E-state index contributed by atoms with van der Waals surface area (Å²) < 4.78 is 5.03. The molecule has 1 heterocycles. The van der Waals surface area contributed by atoms with E-state index in [9.17, 15) is 14.4 Å². The first-order chi connectivity index (χ1) is 12.5. The van der Waals surface area contributed by atoms with Gasteiger partial charge in [-0.2, -0.15) is 11.8 Å². The maximum absolute atomic E-state index is 12.4. The van der Waals surface area contributed by atoms with Gasteiger partial charge in [0.25, 0.3) is 17.7 Å². The normalized spacial score (nSPS) is 11.5. The zero-order valence-electron chi connectivity index (χ0n) is 14.6. The molecule has 2 aromatic rings. The number of aryl methyl sites for hydroxylation is 1. The van der Waals surface area contributed by atoms with Crippen LogP contribution in [0.2, 0.25) is 0 Å². The number of rotatable bonds is 7. The number of hydrogen-bond acceptors (Lipinski definition) is 5. The van der Waals surface area contributed by atoms with Gasteiger partial charge in [-0.1, -0.05) is 17.7 Å². The van der Waals surface area contributed by atoms with Crippen molar-refractivity contribution in [2.75, 3.05) is 12.0 Å². The Morgan fingerprint density at radius 1 is 1.08 bits per heavy atom. The lowest BCUT2D eigenvalue weighted by Crippen LogP contribution is -2.52. The summed E-state index contributed by atoms with van der Waals surface area (Å²) in [5, 5.41) is 2.62. The monoisotopic (exact) mass is 375 g/mol. The molecule has 3 N–H and O–H groups in total. The van der Waals surface area contributed by atoms with E-state index in [1.807, 2.05) is 25.3 Å². The number of thioether (sulfide) groups is 1. The maximum Gasteiger partial charge on any atom is 0.287 e. The minimum atomic E-state index is -0.793. The Labute approximate surface area is 155 Å². The molecule has 1 atom stereocenters. The number of carbonyl (C=O) groups is 3. The number of carbonyl (C=O) groups excluding carboxylic acids is 3. The molecule has 0 aliphatic rings. The summed E-state index contributed by atoms with van der Waals surface area (Å²) >= 11 is 1.55. The average molecular weight is 375 g/mol. The maximum atomic E-state index is 12.4. The van der Waals surface area contributed by atoms with Crippen LogP contribution in [0, 0.1) is 6.92 Å².